The third-order valence-corrected chi connectivity index (χ3v) is 3.14. The minimum atomic E-state index is -0.349. The van der Waals surface area contributed by atoms with Gasteiger partial charge in [-0.05, 0) is 35.0 Å². The van der Waals surface area contributed by atoms with Crippen LogP contribution in [0.15, 0.2) is 22.7 Å². The number of nitrogens with two attached hydrogens (primary N) is 1. The zero-order valence-electron chi connectivity index (χ0n) is 9.46. The number of hydrogen-bond donors (Lipinski definition) is 2. The molecule has 0 amide bonds. The highest BCUT2D eigenvalue weighted by atomic mass is 79.9. The first kappa shape index (κ1) is 11.9. The summed E-state index contributed by atoms with van der Waals surface area (Å²) in [6.07, 6.45) is 0. The van der Waals surface area contributed by atoms with Crippen LogP contribution in [0, 0.1) is 12.7 Å². The minimum Gasteiger partial charge on any atom is -0.394 e. The monoisotopic (exact) mass is 298 g/mol. The van der Waals surface area contributed by atoms with Gasteiger partial charge < -0.3 is 11.1 Å². The number of para-hydroxylation sites is 1. The maximum Gasteiger partial charge on any atom is 0.152 e. The Kier molecular flexibility index (Phi) is 3.06. The van der Waals surface area contributed by atoms with Crippen LogP contribution >= 0.6 is 15.9 Å². The van der Waals surface area contributed by atoms with Crippen molar-refractivity contribution in [2.45, 2.75) is 6.92 Å². The number of rotatable bonds is 2. The summed E-state index contributed by atoms with van der Waals surface area (Å²) in [6, 6.07) is 4.76. The molecule has 0 bridgehead atoms. The zero-order valence-corrected chi connectivity index (χ0v) is 11.0. The first-order valence-corrected chi connectivity index (χ1v) is 5.80. The number of nitrogen functional groups attached to an aromatic ring is 1. The van der Waals surface area contributed by atoms with Gasteiger partial charge in [0, 0.05) is 11.5 Å². The summed E-state index contributed by atoms with van der Waals surface area (Å²) in [4.78, 5) is 0. The third kappa shape index (κ3) is 2.12. The maximum atomic E-state index is 13.6. The Morgan fingerprint density at radius 3 is 2.71 bits per heavy atom. The van der Waals surface area contributed by atoms with Crippen LogP contribution in [0.3, 0.4) is 0 Å². The van der Waals surface area contributed by atoms with Gasteiger partial charge >= 0.3 is 0 Å². The molecule has 1 aromatic heterocycles. The number of aryl methyl sites for hydroxylation is 2. The quantitative estimate of drug-likeness (QED) is 0.896. The van der Waals surface area contributed by atoms with E-state index in [0.717, 1.165) is 0 Å². The molecule has 90 valence electrons. The Hall–Kier alpha value is -1.56. The average Bonchev–Trinajstić information content (AvgIpc) is 2.49. The molecule has 0 atom stereocenters. The van der Waals surface area contributed by atoms with Crippen LogP contribution in [0.5, 0.6) is 0 Å². The van der Waals surface area contributed by atoms with Crippen molar-refractivity contribution < 1.29 is 4.39 Å². The highest BCUT2D eigenvalue weighted by Gasteiger charge is 2.13. The summed E-state index contributed by atoms with van der Waals surface area (Å²) in [5, 5.41) is 7.11. The van der Waals surface area contributed by atoms with E-state index < -0.39 is 0 Å². The molecule has 1 heterocycles. The maximum absolute atomic E-state index is 13.6. The van der Waals surface area contributed by atoms with Crippen molar-refractivity contribution in [3.8, 4) is 0 Å². The molecule has 1 aromatic carbocycles. The Morgan fingerprint density at radius 1 is 1.47 bits per heavy atom. The number of nitrogens with one attached hydrogen (secondary N) is 1. The molecule has 3 N–H and O–H groups in total. The summed E-state index contributed by atoms with van der Waals surface area (Å²) in [7, 11) is 1.75. The van der Waals surface area contributed by atoms with Gasteiger partial charge in [0.05, 0.1) is 17.1 Å². The second kappa shape index (κ2) is 4.37. The van der Waals surface area contributed by atoms with Gasteiger partial charge in [0.2, 0.25) is 0 Å². The van der Waals surface area contributed by atoms with Gasteiger partial charge in [-0.15, -0.1) is 0 Å². The lowest BCUT2D eigenvalue weighted by Gasteiger charge is -2.10. The fourth-order valence-electron chi connectivity index (χ4n) is 1.56. The van der Waals surface area contributed by atoms with Gasteiger partial charge in [0.15, 0.2) is 5.82 Å². The first-order valence-electron chi connectivity index (χ1n) is 5.01. The molecule has 2 aromatic rings. The molecule has 0 aliphatic carbocycles. The van der Waals surface area contributed by atoms with Gasteiger partial charge in [0.25, 0.3) is 0 Å². The normalized spacial score (nSPS) is 10.6. The number of hydrogen-bond acceptors (Lipinski definition) is 3. The lowest BCUT2D eigenvalue weighted by Crippen LogP contribution is -2.03. The molecular weight excluding hydrogens is 287 g/mol. The molecule has 0 saturated heterocycles. The van der Waals surface area contributed by atoms with Crippen LogP contribution in [0.1, 0.15) is 5.69 Å². The Balaban J connectivity index is 2.45. The summed E-state index contributed by atoms with van der Waals surface area (Å²) in [6.45, 7) is 1.80. The number of benzene rings is 1. The van der Waals surface area contributed by atoms with Crippen molar-refractivity contribution >= 4 is 33.1 Å². The van der Waals surface area contributed by atoms with E-state index in [1.165, 1.54) is 6.07 Å². The lowest BCUT2D eigenvalue weighted by molar-refractivity contribution is 0.630. The molecule has 2 rings (SSSR count). The first-order chi connectivity index (χ1) is 8.00. The molecule has 4 nitrogen and oxygen atoms in total. The Morgan fingerprint density at radius 2 is 2.18 bits per heavy atom. The molecule has 0 saturated carbocycles. The van der Waals surface area contributed by atoms with Crippen molar-refractivity contribution in [3.63, 3.8) is 0 Å². The summed E-state index contributed by atoms with van der Waals surface area (Å²) < 4.78 is 15.9. The number of anilines is 3. The van der Waals surface area contributed by atoms with E-state index in [9.17, 15) is 4.39 Å². The van der Waals surface area contributed by atoms with Gasteiger partial charge in [-0.3, -0.25) is 4.68 Å². The van der Waals surface area contributed by atoms with Crippen molar-refractivity contribution in [1.82, 2.24) is 9.78 Å². The van der Waals surface area contributed by atoms with E-state index in [4.69, 9.17) is 5.73 Å². The molecule has 6 heteroatoms. The second-order valence-electron chi connectivity index (χ2n) is 3.69. The third-order valence-electron chi connectivity index (χ3n) is 2.47. The van der Waals surface area contributed by atoms with Gasteiger partial charge in [-0.25, -0.2) is 4.39 Å². The fourth-order valence-corrected chi connectivity index (χ4v) is 2.00. The Labute approximate surface area is 107 Å². The smallest absolute Gasteiger partial charge is 0.152 e. The van der Waals surface area contributed by atoms with Crippen LogP contribution in [-0.2, 0) is 7.05 Å². The second-order valence-corrected chi connectivity index (χ2v) is 4.55. The summed E-state index contributed by atoms with van der Waals surface area (Å²) in [5.74, 6) is 0.228. The number of nitrogens with zero attached hydrogens (tertiary/aromatic N) is 2. The van der Waals surface area contributed by atoms with E-state index in [0.29, 0.717) is 27.4 Å². The molecule has 0 spiro atoms. The van der Waals surface area contributed by atoms with E-state index in [1.54, 1.807) is 30.8 Å². The SMILES string of the molecule is Cc1nn(C)c(Nc2c(F)cccc2Br)c1N. The molecule has 0 fully saturated rings. The predicted octanol–water partition coefficient (Wildman–Crippen LogP) is 2.96. The standard InChI is InChI=1S/C11H12BrFN4/c1-6-9(14)11(17(2)16-6)15-10-7(12)4-3-5-8(10)13/h3-5,15H,14H2,1-2H3. The molecule has 17 heavy (non-hydrogen) atoms. The van der Waals surface area contributed by atoms with Crippen molar-refractivity contribution in [2.75, 3.05) is 11.1 Å². The van der Waals surface area contributed by atoms with Crippen LogP contribution in [0.25, 0.3) is 0 Å². The van der Waals surface area contributed by atoms with Crippen molar-refractivity contribution in [2.24, 2.45) is 7.05 Å². The Bertz CT molecular complexity index is 545. The van der Waals surface area contributed by atoms with Gasteiger partial charge in [-0.1, -0.05) is 6.07 Å². The van der Waals surface area contributed by atoms with E-state index >= 15 is 0 Å². The predicted molar refractivity (Wildman–Crippen MR) is 69.7 cm³/mol. The molecule has 0 radical (unpaired) electrons. The molecule has 0 aliphatic heterocycles. The van der Waals surface area contributed by atoms with Crippen molar-refractivity contribution in [3.05, 3.63) is 34.2 Å². The molecule has 0 unspecified atom stereocenters. The lowest BCUT2D eigenvalue weighted by atomic mass is 10.3. The van der Waals surface area contributed by atoms with E-state index in [2.05, 4.69) is 26.3 Å². The van der Waals surface area contributed by atoms with Gasteiger partial charge in [-0.2, -0.15) is 5.10 Å². The van der Waals surface area contributed by atoms with E-state index in [-0.39, 0.29) is 5.82 Å². The molecule has 0 aliphatic rings. The minimum absolute atomic E-state index is 0.349. The number of aromatic nitrogens is 2. The van der Waals surface area contributed by atoms with Crippen LogP contribution < -0.4 is 11.1 Å². The average molecular weight is 299 g/mol. The van der Waals surface area contributed by atoms with Gasteiger partial charge in [0.1, 0.15) is 5.82 Å². The molecular formula is C11H12BrFN4. The highest BCUT2D eigenvalue weighted by Crippen LogP contribution is 2.31. The zero-order chi connectivity index (χ0) is 12.6. The topological polar surface area (TPSA) is 55.9 Å². The summed E-state index contributed by atoms with van der Waals surface area (Å²) >= 11 is 3.29. The summed E-state index contributed by atoms with van der Waals surface area (Å²) in [5.41, 5.74) is 7.44. The fraction of sp³-hybridized carbons (Fsp3) is 0.182. The van der Waals surface area contributed by atoms with Crippen LogP contribution in [0.4, 0.5) is 21.6 Å². The largest absolute Gasteiger partial charge is 0.394 e. The number of halogens is 2. The van der Waals surface area contributed by atoms with E-state index in [1.807, 2.05) is 0 Å². The van der Waals surface area contributed by atoms with Crippen LogP contribution in [0.2, 0.25) is 0 Å². The highest BCUT2D eigenvalue weighted by molar-refractivity contribution is 9.10. The van der Waals surface area contributed by atoms with Crippen molar-refractivity contribution in [1.29, 1.82) is 0 Å². The van der Waals surface area contributed by atoms with Crippen LogP contribution in [-0.4, -0.2) is 9.78 Å².